The quantitative estimate of drug-likeness (QED) is 0.326. The molecule has 3 heterocycles. The van der Waals surface area contributed by atoms with E-state index in [-0.39, 0.29) is 0 Å². The smallest absolute Gasteiger partial charge is 0.227 e. The first-order valence-electron chi connectivity index (χ1n) is 13.0. The maximum Gasteiger partial charge on any atom is 0.227 e. The minimum atomic E-state index is 0.493. The van der Waals surface area contributed by atoms with Gasteiger partial charge in [-0.05, 0) is 74.0 Å². The summed E-state index contributed by atoms with van der Waals surface area (Å²) in [5.74, 6) is 2.69. The molecule has 2 aromatic heterocycles. The molecule has 1 aliphatic rings. The van der Waals surface area contributed by atoms with Crippen LogP contribution >= 0.6 is 11.6 Å². The molecule has 8 heteroatoms. The first-order chi connectivity index (χ1) is 17.8. The summed E-state index contributed by atoms with van der Waals surface area (Å²) in [5.41, 5.74) is 12.6. The van der Waals surface area contributed by atoms with Crippen LogP contribution in [0.2, 0.25) is 5.02 Å². The van der Waals surface area contributed by atoms with Crippen LogP contribution in [0.25, 0.3) is 22.0 Å². The molecular formula is C29H35ClN6O. The van der Waals surface area contributed by atoms with Crippen LogP contribution in [0.1, 0.15) is 42.8 Å². The SMILES string of the molecule is Cc1noc(C)c1-c1ccc2nc(N3CCN(CCC(C)C)CC3)nc(N)c2c1Cc1cccc(Cl)c1. The largest absolute Gasteiger partial charge is 0.383 e. The number of nitrogen functional groups attached to an aromatic ring is 1. The lowest BCUT2D eigenvalue weighted by Gasteiger charge is -2.35. The normalized spacial score (nSPS) is 14.7. The van der Waals surface area contributed by atoms with E-state index in [1.807, 2.05) is 38.1 Å². The highest BCUT2D eigenvalue weighted by Crippen LogP contribution is 2.37. The lowest BCUT2D eigenvalue weighted by molar-refractivity contribution is 0.243. The first kappa shape index (κ1) is 25.5. The van der Waals surface area contributed by atoms with Gasteiger partial charge in [0.2, 0.25) is 5.95 Å². The van der Waals surface area contributed by atoms with Crippen LogP contribution in [0.5, 0.6) is 0 Å². The molecule has 0 spiro atoms. The fraction of sp³-hybridized carbons (Fsp3) is 0.414. The number of benzene rings is 2. The van der Waals surface area contributed by atoms with Crippen LogP contribution in [0.4, 0.5) is 11.8 Å². The molecule has 1 fully saturated rings. The predicted octanol–water partition coefficient (Wildman–Crippen LogP) is 5.90. The standard InChI is InChI=1S/C29H35ClN6O/c1-18(2)10-11-35-12-14-36(15-13-35)29-32-25-9-8-23(26-19(3)34-37-20(26)4)24(27(25)28(31)33-29)17-21-6-5-7-22(30)16-21/h5-9,16,18H,10-15,17H2,1-4H3,(H2,31,32,33). The molecule has 0 saturated carbocycles. The fourth-order valence-electron chi connectivity index (χ4n) is 5.20. The Morgan fingerprint density at radius 2 is 1.84 bits per heavy atom. The van der Waals surface area contributed by atoms with Crippen molar-refractivity contribution in [2.75, 3.05) is 43.4 Å². The maximum atomic E-state index is 6.70. The van der Waals surface area contributed by atoms with Crippen LogP contribution < -0.4 is 10.6 Å². The number of fused-ring (bicyclic) bond motifs is 1. The van der Waals surface area contributed by atoms with E-state index in [0.29, 0.717) is 23.2 Å². The van der Waals surface area contributed by atoms with Gasteiger partial charge in [-0.25, -0.2) is 4.98 Å². The summed E-state index contributed by atoms with van der Waals surface area (Å²) in [6.45, 7) is 13.4. The molecule has 1 saturated heterocycles. The van der Waals surface area contributed by atoms with Gasteiger partial charge >= 0.3 is 0 Å². The van der Waals surface area contributed by atoms with E-state index in [0.717, 1.165) is 83.3 Å². The molecule has 0 unspecified atom stereocenters. The molecular weight excluding hydrogens is 484 g/mol. The molecule has 37 heavy (non-hydrogen) atoms. The van der Waals surface area contributed by atoms with Crippen LogP contribution in [0, 0.1) is 19.8 Å². The van der Waals surface area contributed by atoms with Crippen LogP contribution in [0.3, 0.4) is 0 Å². The second-order valence-corrected chi connectivity index (χ2v) is 10.8. The third-order valence-electron chi connectivity index (χ3n) is 7.24. The summed E-state index contributed by atoms with van der Waals surface area (Å²) in [5, 5.41) is 5.77. The van der Waals surface area contributed by atoms with E-state index in [2.05, 4.69) is 40.9 Å². The first-order valence-corrected chi connectivity index (χ1v) is 13.4. The third-order valence-corrected chi connectivity index (χ3v) is 7.47. The minimum absolute atomic E-state index is 0.493. The van der Waals surface area contributed by atoms with Gasteiger partial charge in [-0.2, -0.15) is 4.98 Å². The molecule has 194 valence electrons. The molecule has 2 N–H and O–H groups in total. The Morgan fingerprint density at radius 3 is 2.51 bits per heavy atom. The summed E-state index contributed by atoms with van der Waals surface area (Å²) in [4.78, 5) is 14.6. The van der Waals surface area contributed by atoms with Gasteiger partial charge in [0, 0.05) is 42.2 Å². The van der Waals surface area contributed by atoms with Crippen molar-refractivity contribution in [3.8, 4) is 11.1 Å². The maximum absolute atomic E-state index is 6.70. The molecule has 0 aliphatic carbocycles. The molecule has 7 nitrogen and oxygen atoms in total. The second kappa shape index (κ2) is 10.7. The molecule has 2 aromatic carbocycles. The van der Waals surface area contributed by atoms with Crippen molar-refractivity contribution < 1.29 is 4.52 Å². The van der Waals surface area contributed by atoms with E-state index in [1.54, 1.807) is 0 Å². The zero-order valence-electron chi connectivity index (χ0n) is 22.1. The van der Waals surface area contributed by atoms with Crippen LogP contribution in [-0.2, 0) is 6.42 Å². The highest BCUT2D eigenvalue weighted by atomic mass is 35.5. The van der Waals surface area contributed by atoms with Crippen molar-refractivity contribution >= 4 is 34.3 Å². The fourth-order valence-corrected chi connectivity index (χ4v) is 5.41. The van der Waals surface area contributed by atoms with Gasteiger partial charge in [-0.3, -0.25) is 4.90 Å². The van der Waals surface area contributed by atoms with Crippen molar-refractivity contribution in [3.63, 3.8) is 0 Å². The van der Waals surface area contributed by atoms with Crippen molar-refractivity contribution in [2.45, 2.75) is 40.5 Å². The lowest BCUT2D eigenvalue weighted by Crippen LogP contribution is -2.47. The van der Waals surface area contributed by atoms with Gasteiger partial charge in [0.05, 0.1) is 11.2 Å². The molecule has 1 aliphatic heterocycles. The average molecular weight is 519 g/mol. The van der Waals surface area contributed by atoms with Crippen LogP contribution in [-0.4, -0.2) is 52.7 Å². The van der Waals surface area contributed by atoms with Crippen molar-refractivity contribution in [1.82, 2.24) is 20.0 Å². The van der Waals surface area contributed by atoms with Gasteiger partial charge in [0.15, 0.2) is 0 Å². The zero-order valence-corrected chi connectivity index (χ0v) is 22.8. The van der Waals surface area contributed by atoms with Crippen LogP contribution in [0.15, 0.2) is 40.9 Å². The number of hydrogen-bond donors (Lipinski definition) is 1. The van der Waals surface area contributed by atoms with Crippen molar-refractivity contribution in [3.05, 3.63) is 64.0 Å². The topological polar surface area (TPSA) is 84.3 Å². The molecule has 5 rings (SSSR count). The van der Waals surface area contributed by atoms with E-state index >= 15 is 0 Å². The number of aryl methyl sites for hydroxylation is 2. The van der Waals surface area contributed by atoms with Gasteiger partial charge in [0.1, 0.15) is 11.6 Å². The number of hydrogen-bond acceptors (Lipinski definition) is 7. The minimum Gasteiger partial charge on any atom is -0.383 e. The number of nitrogens with zero attached hydrogens (tertiary/aromatic N) is 5. The van der Waals surface area contributed by atoms with Gasteiger partial charge in [-0.15, -0.1) is 0 Å². The van der Waals surface area contributed by atoms with E-state index < -0.39 is 0 Å². The Morgan fingerprint density at radius 1 is 1.05 bits per heavy atom. The number of rotatable bonds is 7. The van der Waals surface area contributed by atoms with E-state index in [1.165, 1.54) is 6.42 Å². The average Bonchev–Trinajstić information content (AvgIpc) is 3.20. The lowest BCUT2D eigenvalue weighted by atomic mass is 9.91. The van der Waals surface area contributed by atoms with E-state index in [9.17, 15) is 0 Å². The van der Waals surface area contributed by atoms with Crippen molar-refractivity contribution in [1.29, 1.82) is 0 Å². The van der Waals surface area contributed by atoms with Crippen molar-refractivity contribution in [2.24, 2.45) is 5.92 Å². The van der Waals surface area contributed by atoms with E-state index in [4.69, 9.17) is 31.8 Å². The highest BCUT2D eigenvalue weighted by Gasteiger charge is 2.23. The predicted molar refractivity (Wildman–Crippen MR) is 151 cm³/mol. The number of aromatic nitrogens is 3. The summed E-state index contributed by atoms with van der Waals surface area (Å²) in [6, 6.07) is 12.1. The third kappa shape index (κ3) is 5.43. The monoisotopic (exact) mass is 518 g/mol. The van der Waals surface area contributed by atoms with Gasteiger partial charge in [0.25, 0.3) is 0 Å². The van der Waals surface area contributed by atoms with Gasteiger partial charge in [-0.1, -0.05) is 48.8 Å². The summed E-state index contributed by atoms with van der Waals surface area (Å²) < 4.78 is 5.51. The second-order valence-electron chi connectivity index (χ2n) is 10.4. The summed E-state index contributed by atoms with van der Waals surface area (Å²) >= 11 is 6.32. The number of piperazine rings is 1. The Hall–Kier alpha value is -3.16. The molecule has 4 aromatic rings. The summed E-state index contributed by atoms with van der Waals surface area (Å²) in [7, 11) is 0. The molecule has 0 amide bonds. The number of halogens is 1. The number of anilines is 2. The van der Waals surface area contributed by atoms with Gasteiger partial charge < -0.3 is 15.2 Å². The number of nitrogens with two attached hydrogens (primary N) is 1. The Balaban J connectivity index is 1.53. The Bertz CT molecular complexity index is 1390. The molecule has 0 atom stereocenters. The Kier molecular flexibility index (Phi) is 7.36. The zero-order chi connectivity index (χ0) is 26.1. The molecule has 0 radical (unpaired) electrons. The Labute approximate surface area is 223 Å². The summed E-state index contributed by atoms with van der Waals surface area (Å²) in [6.07, 6.45) is 1.86. The molecule has 0 bridgehead atoms. The highest BCUT2D eigenvalue weighted by molar-refractivity contribution is 6.30.